The summed E-state index contributed by atoms with van der Waals surface area (Å²) in [6.07, 6.45) is 1.20. The van der Waals surface area contributed by atoms with Crippen molar-refractivity contribution in [3.63, 3.8) is 0 Å². The standard InChI is InChI=1S/C14H21OSi/c1-11-13-8-6-5-7-12(13)9-10-16(11)15-14(2,3)4/h5-8,11H,9-10H2,1-4H3/t11-/m1/s1. The normalized spacial score (nSPS) is 21.9. The van der Waals surface area contributed by atoms with Crippen LogP contribution in [0.1, 0.15) is 44.4 Å². The van der Waals surface area contributed by atoms with E-state index in [0.717, 1.165) is 0 Å². The Morgan fingerprint density at radius 3 is 2.62 bits per heavy atom. The summed E-state index contributed by atoms with van der Waals surface area (Å²) in [5.41, 5.74) is 3.68. The molecule has 0 saturated heterocycles. The first-order chi connectivity index (χ1) is 7.47. The van der Waals surface area contributed by atoms with Crippen molar-refractivity contribution in [1.82, 2.24) is 0 Å². The molecule has 16 heavy (non-hydrogen) atoms. The van der Waals surface area contributed by atoms with Crippen molar-refractivity contribution in [1.29, 1.82) is 0 Å². The summed E-state index contributed by atoms with van der Waals surface area (Å²) >= 11 is 0. The molecular weight excluding hydrogens is 212 g/mol. The molecule has 0 N–H and O–H groups in total. The predicted octanol–water partition coefficient (Wildman–Crippen LogP) is 3.69. The molecule has 87 valence electrons. The highest BCUT2D eigenvalue weighted by Crippen LogP contribution is 2.33. The lowest BCUT2D eigenvalue weighted by Gasteiger charge is -2.34. The van der Waals surface area contributed by atoms with Crippen LogP contribution in [0.4, 0.5) is 0 Å². The molecule has 1 aromatic carbocycles. The molecule has 0 amide bonds. The summed E-state index contributed by atoms with van der Waals surface area (Å²) in [5.74, 6) is 0. The smallest absolute Gasteiger partial charge is 0.219 e. The number of hydrogen-bond donors (Lipinski definition) is 0. The van der Waals surface area contributed by atoms with E-state index >= 15 is 0 Å². The lowest BCUT2D eigenvalue weighted by molar-refractivity contribution is 0.124. The molecule has 0 spiro atoms. The quantitative estimate of drug-likeness (QED) is 0.672. The molecule has 0 saturated carbocycles. The largest absolute Gasteiger partial charge is 0.411 e. The Bertz CT molecular complexity index is 367. The third kappa shape index (κ3) is 2.55. The molecule has 0 aliphatic carbocycles. The molecule has 2 heteroatoms. The van der Waals surface area contributed by atoms with E-state index in [4.69, 9.17) is 4.43 Å². The zero-order valence-electron chi connectivity index (χ0n) is 10.7. The van der Waals surface area contributed by atoms with Crippen LogP contribution >= 0.6 is 0 Å². The van der Waals surface area contributed by atoms with Gasteiger partial charge in [-0.05, 0) is 44.4 Å². The summed E-state index contributed by atoms with van der Waals surface area (Å²) in [4.78, 5) is 0. The van der Waals surface area contributed by atoms with Crippen LogP contribution in [-0.4, -0.2) is 14.6 Å². The Labute approximate surface area is 101 Å². The molecule has 1 heterocycles. The highest BCUT2D eigenvalue weighted by molar-refractivity contribution is 6.54. The summed E-state index contributed by atoms with van der Waals surface area (Å²) < 4.78 is 6.25. The average Bonchev–Trinajstić information content (AvgIpc) is 2.21. The van der Waals surface area contributed by atoms with Crippen molar-refractivity contribution < 1.29 is 4.43 Å². The molecule has 1 nitrogen and oxygen atoms in total. The first-order valence-electron chi connectivity index (χ1n) is 6.10. The Morgan fingerprint density at radius 1 is 1.25 bits per heavy atom. The van der Waals surface area contributed by atoms with Crippen molar-refractivity contribution in [3.05, 3.63) is 35.4 Å². The highest BCUT2D eigenvalue weighted by Gasteiger charge is 2.32. The van der Waals surface area contributed by atoms with Gasteiger partial charge in [0, 0.05) is 11.1 Å². The van der Waals surface area contributed by atoms with Crippen LogP contribution < -0.4 is 0 Å². The van der Waals surface area contributed by atoms with Gasteiger partial charge in [0.15, 0.2) is 0 Å². The van der Waals surface area contributed by atoms with Gasteiger partial charge >= 0.3 is 0 Å². The average molecular weight is 233 g/mol. The second kappa shape index (κ2) is 4.34. The fraction of sp³-hybridized carbons (Fsp3) is 0.571. The molecule has 2 rings (SSSR count). The van der Waals surface area contributed by atoms with E-state index in [1.54, 1.807) is 0 Å². The highest BCUT2D eigenvalue weighted by atomic mass is 28.3. The van der Waals surface area contributed by atoms with Crippen LogP contribution in [0, 0.1) is 0 Å². The van der Waals surface area contributed by atoms with Gasteiger partial charge in [0.25, 0.3) is 0 Å². The molecule has 1 radical (unpaired) electrons. The van der Waals surface area contributed by atoms with Crippen LogP contribution in [0.25, 0.3) is 0 Å². The lowest BCUT2D eigenvalue weighted by Crippen LogP contribution is -2.37. The van der Waals surface area contributed by atoms with E-state index in [9.17, 15) is 0 Å². The van der Waals surface area contributed by atoms with Crippen LogP contribution in [0.2, 0.25) is 6.04 Å². The molecule has 0 unspecified atom stereocenters. The molecule has 0 aromatic heterocycles. The van der Waals surface area contributed by atoms with E-state index in [-0.39, 0.29) is 5.60 Å². The van der Waals surface area contributed by atoms with E-state index < -0.39 is 9.04 Å². The van der Waals surface area contributed by atoms with Gasteiger partial charge in [-0.2, -0.15) is 0 Å². The van der Waals surface area contributed by atoms with Gasteiger partial charge in [0.1, 0.15) is 0 Å². The first kappa shape index (κ1) is 11.9. The molecule has 1 aliphatic heterocycles. The minimum atomic E-state index is -0.695. The number of aryl methyl sites for hydroxylation is 1. The second-order valence-electron chi connectivity index (χ2n) is 5.60. The fourth-order valence-electron chi connectivity index (χ4n) is 2.36. The molecule has 0 bridgehead atoms. The summed E-state index contributed by atoms with van der Waals surface area (Å²) in [6.45, 7) is 8.83. The Hall–Kier alpha value is -0.603. The van der Waals surface area contributed by atoms with Crippen molar-refractivity contribution in [3.8, 4) is 0 Å². The van der Waals surface area contributed by atoms with Gasteiger partial charge in [-0.25, -0.2) is 0 Å². The topological polar surface area (TPSA) is 9.23 Å². The third-order valence-electron chi connectivity index (χ3n) is 3.08. The summed E-state index contributed by atoms with van der Waals surface area (Å²) in [7, 11) is -0.695. The zero-order valence-corrected chi connectivity index (χ0v) is 11.7. The van der Waals surface area contributed by atoms with Crippen molar-refractivity contribution >= 4 is 9.04 Å². The maximum Gasteiger partial charge on any atom is 0.219 e. The van der Waals surface area contributed by atoms with E-state index in [2.05, 4.69) is 52.0 Å². The number of benzene rings is 1. The van der Waals surface area contributed by atoms with Crippen molar-refractivity contribution in [2.75, 3.05) is 0 Å². The van der Waals surface area contributed by atoms with Crippen LogP contribution in [0.3, 0.4) is 0 Å². The number of fused-ring (bicyclic) bond motifs is 1. The summed E-state index contributed by atoms with van der Waals surface area (Å²) in [5, 5.41) is 0. The van der Waals surface area contributed by atoms with E-state index in [0.29, 0.717) is 5.54 Å². The second-order valence-corrected chi connectivity index (χ2v) is 8.10. The SMILES string of the molecule is C[C@@H]1c2ccccc2CC[Si]1OC(C)(C)C. The third-order valence-corrected chi connectivity index (χ3v) is 5.98. The Kier molecular flexibility index (Phi) is 3.22. The van der Waals surface area contributed by atoms with Gasteiger partial charge in [0.2, 0.25) is 9.04 Å². The predicted molar refractivity (Wildman–Crippen MR) is 70.0 cm³/mol. The van der Waals surface area contributed by atoms with E-state index in [1.807, 2.05) is 0 Å². The minimum absolute atomic E-state index is 0.00877. The maximum absolute atomic E-state index is 6.25. The molecule has 1 atom stereocenters. The van der Waals surface area contributed by atoms with Gasteiger partial charge < -0.3 is 4.43 Å². The lowest BCUT2D eigenvalue weighted by atomic mass is 10.0. The van der Waals surface area contributed by atoms with Gasteiger partial charge in [-0.15, -0.1) is 0 Å². The van der Waals surface area contributed by atoms with Crippen LogP contribution in [0.5, 0.6) is 0 Å². The van der Waals surface area contributed by atoms with Gasteiger partial charge in [-0.3, -0.25) is 0 Å². The Balaban J connectivity index is 2.18. The number of hydrogen-bond acceptors (Lipinski definition) is 1. The van der Waals surface area contributed by atoms with E-state index in [1.165, 1.54) is 23.6 Å². The molecule has 1 aliphatic rings. The summed E-state index contributed by atoms with van der Waals surface area (Å²) in [6, 6.07) is 10.1. The van der Waals surface area contributed by atoms with Gasteiger partial charge in [-0.1, -0.05) is 31.2 Å². The van der Waals surface area contributed by atoms with Crippen LogP contribution in [-0.2, 0) is 10.8 Å². The van der Waals surface area contributed by atoms with Crippen molar-refractivity contribution in [2.24, 2.45) is 0 Å². The molecular formula is C14H21OSi. The molecule has 1 aromatic rings. The maximum atomic E-state index is 6.25. The van der Waals surface area contributed by atoms with Gasteiger partial charge in [0.05, 0.1) is 0 Å². The monoisotopic (exact) mass is 233 g/mol. The Morgan fingerprint density at radius 2 is 1.94 bits per heavy atom. The van der Waals surface area contributed by atoms with Crippen LogP contribution in [0.15, 0.2) is 24.3 Å². The minimum Gasteiger partial charge on any atom is -0.411 e. The molecule has 0 fully saturated rings. The van der Waals surface area contributed by atoms with Crippen molar-refractivity contribution in [2.45, 2.75) is 51.3 Å². The fourth-order valence-corrected chi connectivity index (χ4v) is 5.01. The zero-order chi connectivity index (χ0) is 11.8. The number of rotatable bonds is 1. The first-order valence-corrected chi connectivity index (χ1v) is 7.79.